The molecule has 1 aromatic carbocycles. The Labute approximate surface area is 129 Å². The molecule has 0 spiro atoms. The van der Waals surface area contributed by atoms with Gasteiger partial charge in [0, 0.05) is 5.56 Å². The first kappa shape index (κ1) is 14.5. The second-order valence-electron chi connectivity index (χ2n) is 5.34. The smallest absolute Gasteiger partial charge is 0.254 e. The maximum absolute atomic E-state index is 11.7. The van der Waals surface area contributed by atoms with Crippen LogP contribution in [0.1, 0.15) is 18.6 Å². The number of hydrogen-bond donors (Lipinski definition) is 1. The fourth-order valence-corrected chi connectivity index (χ4v) is 2.53. The van der Waals surface area contributed by atoms with Crippen LogP contribution in [0.25, 0.3) is 11.3 Å². The third-order valence-corrected chi connectivity index (χ3v) is 3.63. The number of nitrogens with zero attached hydrogens (tertiary/aromatic N) is 2. The van der Waals surface area contributed by atoms with Crippen LogP contribution >= 0.6 is 0 Å². The molecule has 0 atom stereocenters. The van der Waals surface area contributed by atoms with E-state index >= 15 is 0 Å². The maximum Gasteiger partial charge on any atom is 0.254 e. The highest BCUT2D eigenvalue weighted by Gasteiger charge is 2.14. The van der Waals surface area contributed by atoms with E-state index in [9.17, 15) is 4.79 Å². The summed E-state index contributed by atoms with van der Waals surface area (Å²) in [7, 11) is 0. The van der Waals surface area contributed by atoms with Crippen molar-refractivity contribution in [2.45, 2.75) is 12.8 Å². The summed E-state index contributed by atoms with van der Waals surface area (Å²) in [6.45, 7) is 2.40. The number of carbonyl (C=O) groups excluding carboxylic acids is 1. The molecule has 1 N–H and O–H groups in total. The van der Waals surface area contributed by atoms with Gasteiger partial charge in [0.05, 0.1) is 12.8 Å². The first-order valence-corrected chi connectivity index (χ1v) is 7.51. The van der Waals surface area contributed by atoms with E-state index in [0.29, 0.717) is 12.3 Å². The predicted octanol–water partition coefficient (Wildman–Crippen LogP) is 2.49. The van der Waals surface area contributed by atoms with Gasteiger partial charge in [-0.25, -0.2) is 5.43 Å². The lowest BCUT2D eigenvalue weighted by atomic mass is 10.2. The van der Waals surface area contributed by atoms with Gasteiger partial charge < -0.3 is 4.42 Å². The van der Waals surface area contributed by atoms with Crippen LogP contribution in [0.15, 0.2) is 52.0 Å². The molecule has 2 aromatic rings. The lowest BCUT2D eigenvalue weighted by Gasteiger charge is -2.11. The second kappa shape index (κ2) is 7.04. The Balaban J connectivity index is 1.52. The van der Waals surface area contributed by atoms with E-state index in [4.69, 9.17) is 4.42 Å². The van der Waals surface area contributed by atoms with E-state index in [0.717, 1.165) is 24.4 Å². The van der Waals surface area contributed by atoms with Gasteiger partial charge in [-0.3, -0.25) is 9.69 Å². The van der Waals surface area contributed by atoms with Gasteiger partial charge in [-0.2, -0.15) is 5.10 Å². The quantitative estimate of drug-likeness (QED) is 0.681. The van der Waals surface area contributed by atoms with Crippen molar-refractivity contribution in [2.75, 3.05) is 19.6 Å². The van der Waals surface area contributed by atoms with Crippen molar-refractivity contribution in [3.05, 3.63) is 48.2 Å². The van der Waals surface area contributed by atoms with Gasteiger partial charge >= 0.3 is 0 Å². The number of benzene rings is 1. The monoisotopic (exact) mass is 297 g/mol. The van der Waals surface area contributed by atoms with Gasteiger partial charge in [-0.15, -0.1) is 0 Å². The van der Waals surface area contributed by atoms with Crippen LogP contribution in [0, 0.1) is 0 Å². The minimum absolute atomic E-state index is 0.0898. The number of amides is 1. The van der Waals surface area contributed by atoms with E-state index in [1.165, 1.54) is 19.1 Å². The molecule has 1 saturated heterocycles. The van der Waals surface area contributed by atoms with E-state index < -0.39 is 0 Å². The summed E-state index contributed by atoms with van der Waals surface area (Å²) in [5.41, 5.74) is 3.55. The van der Waals surface area contributed by atoms with Gasteiger partial charge in [-0.05, 0) is 38.1 Å². The molecular weight excluding hydrogens is 278 g/mol. The zero-order chi connectivity index (χ0) is 15.2. The molecule has 5 nitrogen and oxygen atoms in total. The molecule has 0 saturated carbocycles. The summed E-state index contributed by atoms with van der Waals surface area (Å²) >= 11 is 0. The number of hydrazone groups is 1. The molecule has 1 aromatic heterocycles. The van der Waals surface area contributed by atoms with Crippen molar-refractivity contribution in [1.29, 1.82) is 0 Å². The summed E-state index contributed by atoms with van der Waals surface area (Å²) < 4.78 is 5.67. The third kappa shape index (κ3) is 3.83. The van der Waals surface area contributed by atoms with Crippen LogP contribution < -0.4 is 5.43 Å². The first-order chi connectivity index (χ1) is 10.8. The van der Waals surface area contributed by atoms with Gasteiger partial charge in [-0.1, -0.05) is 30.3 Å². The van der Waals surface area contributed by atoms with Crippen LogP contribution in [-0.2, 0) is 4.79 Å². The number of rotatable bonds is 5. The molecular formula is C17H19N3O2. The molecule has 3 rings (SSSR count). The highest BCUT2D eigenvalue weighted by Crippen LogP contribution is 2.20. The molecule has 0 bridgehead atoms. The number of nitrogens with one attached hydrogen (secondary N) is 1. The van der Waals surface area contributed by atoms with E-state index in [1.54, 1.807) is 0 Å². The molecule has 22 heavy (non-hydrogen) atoms. The fourth-order valence-electron chi connectivity index (χ4n) is 2.53. The highest BCUT2D eigenvalue weighted by atomic mass is 16.3. The van der Waals surface area contributed by atoms with Crippen LogP contribution in [0.5, 0.6) is 0 Å². The number of furan rings is 1. The van der Waals surface area contributed by atoms with Crippen molar-refractivity contribution in [3.63, 3.8) is 0 Å². The summed E-state index contributed by atoms with van der Waals surface area (Å²) in [5, 5.41) is 3.95. The Bertz CT molecular complexity index is 643. The topological polar surface area (TPSA) is 57.8 Å². The standard InChI is InChI=1S/C17H19N3O2/c21-17(13-20-10-4-5-11-20)19-18-12-15-8-9-16(22-15)14-6-2-1-3-7-14/h1-3,6-9,12H,4-5,10-11,13H2,(H,19,21)/b18-12-. The third-order valence-electron chi connectivity index (χ3n) is 3.63. The molecule has 0 unspecified atom stereocenters. The summed E-state index contributed by atoms with van der Waals surface area (Å²) in [4.78, 5) is 13.8. The summed E-state index contributed by atoms with van der Waals surface area (Å²) in [5.74, 6) is 1.30. The van der Waals surface area contributed by atoms with Gasteiger partial charge in [0.1, 0.15) is 11.5 Å². The fraction of sp³-hybridized carbons (Fsp3) is 0.294. The minimum atomic E-state index is -0.0898. The first-order valence-electron chi connectivity index (χ1n) is 7.51. The Morgan fingerprint density at radius 2 is 1.95 bits per heavy atom. The van der Waals surface area contributed by atoms with Crippen molar-refractivity contribution in [2.24, 2.45) is 5.10 Å². The highest BCUT2D eigenvalue weighted by molar-refractivity contribution is 5.82. The van der Waals surface area contributed by atoms with Crippen LogP contribution in [0.3, 0.4) is 0 Å². The molecule has 0 radical (unpaired) electrons. The predicted molar refractivity (Wildman–Crippen MR) is 85.6 cm³/mol. The Morgan fingerprint density at radius 3 is 2.73 bits per heavy atom. The number of likely N-dealkylation sites (tertiary alicyclic amines) is 1. The van der Waals surface area contributed by atoms with Crippen LogP contribution in [-0.4, -0.2) is 36.7 Å². The normalized spacial score (nSPS) is 15.5. The lowest BCUT2D eigenvalue weighted by molar-refractivity contribution is -0.121. The van der Waals surface area contributed by atoms with Gasteiger partial charge in [0.15, 0.2) is 0 Å². The van der Waals surface area contributed by atoms with E-state index in [-0.39, 0.29) is 5.91 Å². The number of carbonyl (C=O) groups is 1. The Hall–Kier alpha value is -2.40. The van der Waals surface area contributed by atoms with Crippen molar-refractivity contribution in [3.8, 4) is 11.3 Å². The summed E-state index contributed by atoms with van der Waals surface area (Å²) in [6, 6.07) is 13.6. The SMILES string of the molecule is O=C(CN1CCCC1)N/N=C\c1ccc(-c2ccccc2)o1. The van der Waals surface area contributed by atoms with Crippen molar-refractivity contribution in [1.82, 2.24) is 10.3 Å². The number of hydrogen-bond acceptors (Lipinski definition) is 4. The zero-order valence-corrected chi connectivity index (χ0v) is 12.4. The maximum atomic E-state index is 11.7. The summed E-state index contributed by atoms with van der Waals surface area (Å²) in [6.07, 6.45) is 3.87. The molecule has 114 valence electrons. The minimum Gasteiger partial charge on any atom is -0.455 e. The van der Waals surface area contributed by atoms with Crippen LogP contribution in [0.4, 0.5) is 0 Å². The van der Waals surface area contributed by atoms with E-state index in [1.807, 2.05) is 42.5 Å². The van der Waals surface area contributed by atoms with Gasteiger partial charge in [0.2, 0.25) is 0 Å². The largest absolute Gasteiger partial charge is 0.455 e. The molecule has 5 heteroatoms. The second-order valence-corrected chi connectivity index (χ2v) is 5.34. The lowest BCUT2D eigenvalue weighted by Crippen LogP contribution is -2.33. The average Bonchev–Trinajstić information content (AvgIpc) is 3.20. The van der Waals surface area contributed by atoms with Gasteiger partial charge in [0.25, 0.3) is 5.91 Å². The molecule has 1 fully saturated rings. The molecule has 1 aliphatic rings. The Kier molecular flexibility index (Phi) is 4.65. The van der Waals surface area contributed by atoms with Crippen molar-refractivity contribution >= 4 is 12.1 Å². The van der Waals surface area contributed by atoms with Crippen molar-refractivity contribution < 1.29 is 9.21 Å². The molecule has 1 aliphatic heterocycles. The van der Waals surface area contributed by atoms with Crippen LogP contribution in [0.2, 0.25) is 0 Å². The van der Waals surface area contributed by atoms with E-state index in [2.05, 4.69) is 15.4 Å². The Morgan fingerprint density at radius 1 is 1.18 bits per heavy atom. The zero-order valence-electron chi connectivity index (χ0n) is 12.4. The molecule has 0 aliphatic carbocycles. The average molecular weight is 297 g/mol. The molecule has 1 amide bonds. The molecule has 2 heterocycles.